The third-order valence-electron chi connectivity index (χ3n) is 5.67. The lowest BCUT2D eigenvalue weighted by Crippen LogP contribution is -2.34. The Hall–Kier alpha value is -3.81. The molecule has 0 radical (unpaired) electrons. The molecular weight excluding hydrogens is 420 g/mol. The summed E-state index contributed by atoms with van der Waals surface area (Å²) in [5, 5.41) is 6.46. The molecule has 1 unspecified atom stereocenters. The molecule has 1 aromatic heterocycles. The Morgan fingerprint density at radius 2 is 1.91 bits per heavy atom. The van der Waals surface area contributed by atoms with Crippen LogP contribution in [-0.2, 0) is 22.7 Å². The molecule has 0 bridgehead atoms. The topological polar surface area (TPSA) is 92.7 Å². The molecule has 2 aromatic carbocycles. The second kappa shape index (κ2) is 9.36. The van der Waals surface area contributed by atoms with Gasteiger partial charge in [0.25, 0.3) is 5.91 Å². The molecule has 0 spiro atoms. The number of hydrogen-bond acceptors (Lipinski definition) is 4. The minimum atomic E-state index is -0.906. The van der Waals surface area contributed by atoms with Crippen molar-refractivity contribution >= 4 is 34.4 Å². The number of para-hydroxylation sites is 1. The van der Waals surface area contributed by atoms with E-state index in [1.54, 1.807) is 12.1 Å². The van der Waals surface area contributed by atoms with Crippen LogP contribution in [0.25, 0.3) is 10.9 Å². The van der Waals surface area contributed by atoms with Crippen molar-refractivity contribution in [2.45, 2.75) is 39.4 Å². The maximum atomic E-state index is 12.8. The number of rotatable bonds is 8. The average molecular weight is 449 g/mol. The standard InChI is InChI=1S/C25H28N4O4/c1-16(2)14-28-12-11-18-19(8-6-9-21(18)28)26-23(30)13-20-24(31)29(25(32)27-20)15-17-7-4-5-10-22(17)33-3/h4-12,16,20H,13-15H2,1-3H3,(H,26,30)(H,27,32). The lowest BCUT2D eigenvalue weighted by molar-refractivity contribution is -0.130. The van der Waals surface area contributed by atoms with Gasteiger partial charge in [-0.15, -0.1) is 0 Å². The fourth-order valence-corrected chi connectivity index (χ4v) is 4.14. The van der Waals surface area contributed by atoms with E-state index < -0.39 is 18.0 Å². The molecule has 4 rings (SSSR count). The van der Waals surface area contributed by atoms with Crippen molar-refractivity contribution in [1.82, 2.24) is 14.8 Å². The molecule has 1 aliphatic heterocycles. The molecule has 0 aliphatic carbocycles. The highest BCUT2D eigenvalue weighted by atomic mass is 16.5. The predicted molar refractivity (Wildman–Crippen MR) is 126 cm³/mol. The zero-order valence-electron chi connectivity index (χ0n) is 19.0. The monoisotopic (exact) mass is 448 g/mol. The highest BCUT2D eigenvalue weighted by Crippen LogP contribution is 2.26. The Bertz CT molecular complexity index is 1200. The number of ether oxygens (including phenoxy) is 1. The third-order valence-corrected chi connectivity index (χ3v) is 5.67. The molecule has 1 fully saturated rings. The Morgan fingerprint density at radius 1 is 1.12 bits per heavy atom. The summed E-state index contributed by atoms with van der Waals surface area (Å²) in [7, 11) is 1.54. The second-order valence-electron chi connectivity index (χ2n) is 8.59. The normalized spacial score (nSPS) is 15.9. The number of carbonyl (C=O) groups is 3. The van der Waals surface area contributed by atoms with Crippen LogP contribution in [0.3, 0.4) is 0 Å². The minimum absolute atomic E-state index is 0.0788. The number of benzene rings is 2. The molecule has 3 aromatic rings. The van der Waals surface area contributed by atoms with Gasteiger partial charge in [-0.1, -0.05) is 38.1 Å². The number of methoxy groups -OCH3 is 1. The van der Waals surface area contributed by atoms with Gasteiger partial charge in [-0.3, -0.25) is 14.5 Å². The highest BCUT2D eigenvalue weighted by Gasteiger charge is 2.39. The Morgan fingerprint density at radius 3 is 2.67 bits per heavy atom. The highest BCUT2D eigenvalue weighted by molar-refractivity contribution is 6.08. The summed E-state index contributed by atoms with van der Waals surface area (Å²) in [5.74, 6) is 0.325. The van der Waals surface area contributed by atoms with Crippen molar-refractivity contribution in [3.8, 4) is 5.75 Å². The smallest absolute Gasteiger partial charge is 0.325 e. The first kappa shape index (κ1) is 22.4. The first-order chi connectivity index (χ1) is 15.9. The van der Waals surface area contributed by atoms with Gasteiger partial charge in [-0.2, -0.15) is 0 Å². The van der Waals surface area contributed by atoms with Crippen molar-refractivity contribution in [3.63, 3.8) is 0 Å². The summed E-state index contributed by atoms with van der Waals surface area (Å²) in [6.45, 7) is 5.27. The van der Waals surface area contributed by atoms with E-state index in [4.69, 9.17) is 4.74 Å². The van der Waals surface area contributed by atoms with Crippen LogP contribution in [0.4, 0.5) is 10.5 Å². The second-order valence-corrected chi connectivity index (χ2v) is 8.59. The van der Waals surface area contributed by atoms with E-state index in [9.17, 15) is 14.4 Å². The molecule has 2 N–H and O–H groups in total. The van der Waals surface area contributed by atoms with E-state index in [2.05, 4.69) is 29.0 Å². The summed E-state index contributed by atoms with van der Waals surface area (Å²) in [6.07, 6.45) is 1.87. The van der Waals surface area contributed by atoms with Crippen LogP contribution in [0.15, 0.2) is 54.7 Å². The largest absolute Gasteiger partial charge is 0.496 e. The molecule has 1 atom stereocenters. The van der Waals surface area contributed by atoms with Gasteiger partial charge in [-0.25, -0.2) is 4.79 Å². The molecule has 8 nitrogen and oxygen atoms in total. The molecule has 1 saturated heterocycles. The number of nitrogens with one attached hydrogen (secondary N) is 2. The van der Waals surface area contributed by atoms with Gasteiger partial charge in [0.15, 0.2) is 0 Å². The third kappa shape index (κ3) is 4.69. The van der Waals surface area contributed by atoms with Crippen LogP contribution in [0.1, 0.15) is 25.8 Å². The first-order valence-corrected chi connectivity index (χ1v) is 11.0. The summed E-state index contributed by atoms with van der Waals surface area (Å²) in [4.78, 5) is 39.1. The van der Waals surface area contributed by atoms with E-state index >= 15 is 0 Å². The Labute approximate surface area is 192 Å². The van der Waals surface area contributed by atoms with Crippen LogP contribution in [0.2, 0.25) is 0 Å². The maximum absolute atomic E-state index is 12.8. The van der Waals surface area contributed by atoms with Gasteiger partial charge in [0, 0.05) is 23.7 Å². The van der Waals surface area contributed by atoms with E-state index in [0.717, 1.165) is 22.3 Å². The lowest BCUT2D eigenvalue weighted by atomic mass is 10.1. The van der Waals surface area contributed by atoms with Crippen molar-refractivity contribution in [2.75, 3.05) is 12.4 Å². The van der Waals surface area contributed by atoms with E-state index in [1.807, 2.05) is 42.6 Å². The summed E-state index contributed by atoms with van der Waals surface area (Å²) >= 11 is 0. The molecule has 2 heterocycles. The fraction of sp³-hybridized carbons (Fsp3) is 0.320. The molecule has 4 amide bonds. The van der Waals surface area contributed by atoms with E-state index in [0.29, 0.717) is 22.9 Å². The summed E-state index contributed by atoms with van der Waals surface area (Å²) in [6, 6.07) is 13.5. The van der Waals surface area contributed by atoms with Crippen molar-refractivity contribution in [3.05, 3.63) is 60.3 Å². The van der Waals surface area contributed by atoms with Crippen LogP contribution >= 0.6 is 0 Å². The molecule has 33 heavy (non-hydrogen) atoms. The van der Waals surface area contributed by atoms with Crippen molar-refractivity contribution in [1.29, 1.82) is 0 Å². The summed E-state index contributed by atoms with van der Waals surface area (Å²) < 4.78 is 7.47. The maximum Gasteiger partial charge on any atom is 0.325 e. The van der Waals surface area contributed by atoms with Crippen molar-refractivity contribution in [2.24, 2.45) is 5.92 Å². The number of anilines is 1. The van der Waals surface area contributed by atoms with Gasteiger partial charge in [0.05, 0.1) is 31.3 Å². The van der Waals surface area contributed by atoms with Crippen molar-refractivity contribution < 1.29 is 19.1 Å². The van der Waals surface area contributed by atoms with Gasteiger partial charge < -0.3 is 19.9 Å². The molecule has 172 valence electrons. The van der Waals surface area contributed by atoms with Crippen LogP contribution in [-0.4, -0.2) is 40.5 Å². The van der Waals surface area contributed by atoms with Gasteiger partial charge in [-0.05, 0) is 30.2 Å². The number of fused-ring (bicyclic) bond motifs is 1. The minimum Gasteiger partial charge on any atom is -0.496 e. The number of carbonyl (C=O) groups excluding carboxylic acids is 3. The number of imide groups is 1. The lowest BCUT2D eigenvalue weighted by Gasteiger charge is -2.15. The molecular formula is C25H28N4O4. The zero-order valence-corrected chi connectivity index (χ0v) is 19.0. The number of nitrogens with zero attached hydrogens (tertiary/aromatic N) is 2. The predicted octanol–water partition coefficient (Wildman–Crippen LogP) is 3.76. The zero-order chi connectivity index (χ0) is 23.5. The van der Waals surface area contributed by atoms with Crippen LogP contribution < -0.4 is 15.4 Å². The quantitative estimate of drug-likeness (QED) is 0.513. The van der Waals surface area contributed by atoms with Crippen LogP contribution in [0, 0.1) is 5.92 Å². The molecule has 1 aliphatic rings. The van der Waals surface area contributed by atoms with Crippen LogP contribution in [0.5, 0.6) is 5.75 Å². The number of hydrogen-bond donors (Lipinski definition) is 2. The SMILES string of the molecule is COc1ccccc1CN1C(=O)NC(CC(=O)Nc2cccc3c2ccn3CC(C)C)C1=O. The molecule has 0 saturated carbocycles. The number of urea groups is 1. The molecule has 8 heteroatoms. The Balaban J connectivity index is 1.43. The van der Waals surface area contributed by atoms with E-state index in [1.165, 1.54) is 7.11 Å². The average Bonchev–Trinajstić information content (AvgIpc) is 3.30. The first-order valence-electron chi connectivity index (χ1n) is 11.0. The fourth-order valence-electron chi connectivity index (χ4n) is 4.14. The van der Waals surface area contributed by atoms with Gasteiger partial charge in [0.2, 0.25) is 5.91 Å². The Kier molecular flexibility index (Phi) is 6.35. The number of aromatic nitrogens is 1. The summed E-state index contributed by atoms with van der Waals surface area (Å²) in [5.41, 5.74) is 2.43. The van der Waals surface area contributed by atoms with Gasteiger partial charge >= 0.3 is 6.03 Å². The van der Waals surface area contributed by atoms with Gasteiger partial charge in [0.1, 0.15) is 11.8 Å². The van der Waals surface area contributed by atoms with E-state index in [-0.39, 0.29) is 18.9 Å². The number of amides is 4.